The lowest BCUT2D eigenvalue weighted by molar-refractivity contribution is -0.250. The van der Waals surface area contributed by atoms with Gasteiger partial charge in [-0.15, -0.1) is 0 Å². The predicted octanol–water partition coefficient (Wildman–Crippen LogP) is 5.60. The summed E-state index contributed by atoms with van der Waals surface area (Å²) >= 11 is 0. The Morgan fingerprint density at radius 2 is 1.75 bits per heavy atom. The van der Waals surface area contributed by atoms with Crippen molar-refractivity contribution in [3.8, 4) is 0 Å². The van der Waals surface area contributed by atoms with Crippen LogP contribution in [-0.2, 0) is 23.7 Å². The van der Waals surface area contributed by atoms with E-state index in [1.807, 2.05) is 0 Å². The third-order valence-corrected chi connectivity index (χ3v) is 18.0. The minimum atomic E-state index is -0.538. The molecule has 5 saturated carbocycles. The minimum Gasteiger partial charge on any atom is -0.443 e. The first-order valence-electron chi connectivity index (χ1n) is 21.3. The van der Waals surface area contributed by atoms with Gasteiger partial charge in [0.2, 0.25) is 5.91 Å². The topological polar surface area (TPSA) is 110 Å². The van der Waals surface area contributed by atoms with Gasteiger partial charge < -0.3 is 34.3 Å². The second kappa shape index (κ2) is 12.3. The Morgan fingerprint density at radius 1 is 1.00 bits per heavy atom. The van der Waals surface area contributed by atoms with Crippen LogP contribution in [0.2, 0.25) is 0 Å². The zero-order chi connectivity index (χ0) is 36.6. The molecular formula is C42H67N3O7. The van der Waals surface area contributed by atoms with Crippen LogP contribution in [0.4, 0.5) is 4.79 Å². The molecule has 5 aliphatic carbocycles. The molecule has 2 amide bonds. The van der Waals surface area contributed by atoms with E-state index >= 15 is 0 Å². The summed E-state index contributed by atoms with van der Waals surface area (Å²) < 4.78 is 26.4. The van der Waals surface area contributed by atoms with Crippen LogP contribution in [0.3, 0.4) is 0 Å². The van der Waals surface area contributed by atoms with Crippen LogP contribution >= 0.6 is 0 Å². The van der Waals surface area contributed by atoms with Gasteiger partial charge in [-0.25, -0.2) is 4.79 Å². The molecule has 0 aromatic heterocycles. The predicted molar refractivity (Wildman–Crippen MR) is 195 cm³/mol. The van der Waals surface area contributed by atoms with E-state index in [4.69, 9.17) is 18.9 Å². The molecule has 9 rings (SSSR count). The van der Waals surface area contributed by atoms with Gasteiger partial charge in [-0.2, -0.15) is 0 Å². The standard InChI is InChI=1S/C42H67N3O7/c1-24(2)33(52-37(48)44-17-8-18-44)27-21-25(3)32-34(50-27)35(46)40(7)29-10-9-28-38(4,5)30(11-13-41(28)23-42(29,41)15-14-39(32,40)6)51-31-22-45(19-20-49-31)26-12-16-43-36(26)47/h24-35,46H,8-23H2,1-7H3,(H,43,47)/t25-,26-,27-,28+,29+,30+,31+,32+,33-,34+,35+,39-,40-,41-,42+/m1/s1. The van der Waals surface area contributed by atoms with Gasteiger partial charge in [-0.1, -0.05) is 48.5 Å². The Morgan fingerprint density at radius 3 is 2.44 bits per heavy atom. The molecule has 2 N–H and O–H groups in total. The van der Waals surface area contributed by atoms with Crippen molar-refractivity contribution in [2.24, 2.45) is 56.7 Å². The molecule has 10 heteroatoms. The number of ether oxygens (including phenoxy) is 4. The van der Waals surface area contributed by atoms with Crippen LogP contribution in [0.5, 0.6) is 0 Å². The number of fused-ring (bicyclic) bond motifs is 4. The van der Waals surface area contributed by atoms with Crippen molar-refractivity contribution in [1.82, 2.24) is 15.1 Å². The fraction of sp³-hybridized carbons (Fsp3) is 0.952. The zero-order valence-electron chi connectivity index (χ0n) is 33.0. The second-order valence-electron chi connectivity index (χ2n) is 20.5. The van der Waals surface area contributed by atoms with E-state index in [2.05, 4.69) is 58.7 Å². The van der Waals surface area contributed by atoms with Crippen molar-refractivity contribution in [1.29, 1.82) is 0 Å². The molecule has 0 bridgehead atoms. The van der Waals surface area contributed by atoms with Gasteiger partial charge in [0.05, 0.1) is 43.6 Å². The number of carbonyl (C=O) groups excluding carboxylic acids is 2. The summed E-state index contributed by atoms with van der Waals surface area (Å²) in [7, 11) is 0. The average Bonchev–Trinajstić information content (AvgIpc) is 3.47. The fourth-order valence-electron chi connectivity index (χ4n) is 15.2. The van der Waals surface area contributed by atoms with E-state index in [-0.39, 0.29) is 76.3 Å². The van der Waals surface area contributed by atoms with Crippen molar-refractivity contribution in [3.63, 3.8) is 0 Å². The number of aliphatic hydroxyl groups excluding tert-OH is 1. The molecule has 4 saturated heterocycles. The molecule has 15 atom stereocenters. The molecule has 10 nitrogen and oxygen atoms in total. The van der Waals surface area contributed by atoms with Gasteiger partial charge in [0.15, 0.2) is 6.29 Å². The quantitative estimate of drug-likeness (QED) is 0.365. The molecule has 4 heterocycles. The lowest BCUT2D eigenvalue weighted by Gasteiger charge is -2.64. The zero-order valence-corrected chi connectivity index (χ0v) is 33.0. The maximum absolute atomic E-state index is 13.0. The molecule has 0 radical (unpaired) electrons. The number of morpholine rings is 1. The highest BCUT2D eigenvalue weighted by Crippen LogP contribution is 2.89. The third kappa shape index (κ3) is 4.84. The molecule has 4 aliphatic heterocycles. The van der Waals surface area contributed by atoms with Crippen LogP contribution in [0.1, 0.15) is 113 Å². The molecule has 9 fully saturated rings. The summed E-state index contributed by atoms with van der Waals surface area (Å²) in [5.41, 5.74) is 0.346. The maximum Gasteiger partial charge on any atom is 0.410 e. The second-order valence-corrected chi connectivity index (χ2v) is 20.5. The number of hydrogen-bond donors (Lipinski definition) is 2. The molecule has 0 aromatic carbocycles. The first-order valence-corrected chi connectivity index (χ1v) is 21.3. The van der Waals surface area contributed by atoms with Gasteiger partial charge in [0, 0.05) is 31.6 Å². The summed E-state index contributed by atoms with van der Waals surface area (Å²) in [4.78, 5) is 29.5. The highest BCUT2D eigenvalue weighted by atomic mass is 16.7. The van der Waals surface area contributed by atoms with Crippen LogP contribution in [-0.4, -0.2) is 109 Å². The van der Waals surface area contributed by atoms with Gasteiger partial charge in [0.25, 0.3) is 0 Å². The van der Waals surface area contributed by atoms with Crippen LogP contribution in [0.25, 0.3) is 0 Å². The monoisotopic (exact) mass is 725 g/mol. The fourth-order valence-corrected chi connectivity index (χ4v) is 15.2. The largest absolute Gasteiger partial charge is 0.443 e. The van der Waals surface area contributed by atoms with E-state index in [1.165, 1.54) is 25.7 Å². The molecule has 9 aliphatic rings. The first-order chi connectivity index (χ1) is 24.7. The highest BCUT2D eigenvalue weighted by molar-refractivity contribution is 5.83. The lowest BCUT2D eigenvalue weighted by Crippen LogP contribution is -2.60. The smallest absolute Gasteiger partial charge is 0.410 e. The van der Waals surface area contributed by atoms with Crippen LogP contribution in [0, 0.1) is 56.7 Å². The number of carbonyl (C=O) groups is 2. The van der Waals surface area contributed by atoms with Crippen molar-refractivity contribution >= 4 is 12.0 Å². The minimum absolute atomic E-state index is 0.00805. The van der Waals surface area contributed by atoms with Crippen molar-refractivity contribution in [3.05, 3.63) is 0 Å². The summed E-state index contributed by atoms with van der Waals surface area (Å²) in [5, 5.41) is 15.7. The molecule has 0 aromatic rings. The summed E-state index contributed by atoms with van der Waals surface area (Å²) in [6, 6.07) is -0.0593. The molecule has 0 unspecified atom stereocenters. The summed E-state index contributed by atoms with van der Waals surface area (Å²) in [6.07, 6.45) is 9.32. The summed E-state index contributed by atoms with van der Waals surface area (Å²) in [5.74, 6) is 1.99. The number of likely N-dealkylation sites (tertiary alicyclic amines) is 1. The summed E-state index contributed by atoms with van der Waals surface area (Å²) in [6.45, 7) is 20.9. The Bertz CT molecular complexity index is 1440. The number of nitrogens with zero attached hydrogens (tertiary/aromatic N) is 2. The number of hydrogen-bond acceptors (Lipinski definition) is 8. The molecular weight excluding hydrogens is 658 g/mol. The van der Waals surface area contributed by atoms with E-state index in [0.717, 1.165) is 64.7 Å². The average molecular weight is 726 g/mol. The molecule has 2 spiro atoms. The van der Waals surface area contributed by atoms with Gasteiger partial charge in [-0.05, 0) is 115 Å². The van der Waals surface area contributed by atoms with Crippen molar-refractivity contribution < 1.29 is 33.6 Å². The Balaban J connectivity index is 0.926. The number of aliphatic hydroxyl groups is 1. The number of rotatable bonds is 6. The Kier molecular flexibility index (Phi) is 8.54. The van der Waals surface area contributed by atoms with E-state index in [1.54, 1.807) is 4.90 Å². The Labute approximate surface area is 311 Å². The van der Waals surface area contributed by atoms with E-state index in [9.17, 15) is 14.7 Å². The van der Waals surface area contributed by atoms with E-state index < -0.39 is 6.10 Å². The normalized spacial score (nSPS) is 51.2. The van der Waals surface area contributed by atoms with E-state index in [0.29, 0.717) is 42.2 Å². The lowest BCUT2D eigenvalue weighted by atomic mass is 9.41. The van der Waals surface area contributed by atoms with Gasteiger partial charge in [-0.3, -0.25) is 9.69 Å². The van der Waals surface area contributed by atoms with Crippen molar-refractivity contribution in [2.75, 3.05) is 39.3 Å². The first kappa shape index (κ1) is 36.2. The SMILES string of the molecule is CC(C)[C@@H](OC(=O)N1CCC1)[C@H]1C[C@@H](C)[C@H]2[C@H](O1)[C@H](O)[C@@]1(C)[C@@H]3CC[C@H]4C(C)(C)[C@@H](O[C@H]5CN([C@@H]6CCNC6=O)CCO5)CC[C@@]45C[C@@]35CC[C@]21C. The van der Waals surface area contributed by atoms with Crippen LogP contribution < -0.4 is 5.32 Å². The molecule has 292 valence electrons. The number of amides is 2. The van der Waals surface area contributed by atoms with Gasteiger partial charge in [0.1, 0.15) is 6.10 Å². The number of nitrogens with one attached hydrogen (secondary N) is 1. The Hall–Kier alpha value is -1.46. The highest BCUT2D eigenvalue weighted by Gasteiger charge is 2.84. The maximum atomic E-state index is 13.0. The van der Waals surface area contributed by atoms with Gasteiger partial charge >= 0.3 is 6.09 Å². The molecule has 52 heavy (non-hydrogen) atoms. The third-order valence-electron chi connectivity index (χ3n) is 18.0. The van der Waals surface area contributed by atoms with Crippen molar-refractivity contribution in [2.45, 2.75) is 156 Å². The van der Waals surface area contributed by atoms with Crippen LogP contribution in [0.15, 0.2) is 0 Å².